The third-order valence-electron chi connectivity index (χ3n) is 5.66. The minimum absolute atomic E-state index is 0.109. The molecule has 7 nitrogen and oxygen atoms in total. The molecule has 2 heterocycles. The van der Waals surface area contributed by atoms with Gasteiger partial charge in [0.05, 0.1) is 24.0 Å². The first-order valence-electron chi connectivity index (χ1n) is 9.86. The maximum Gasteiger partial charge on any atom is 0.240 e. The van der Waals surface area contributed by atoms with Gasteiger partial charge < -0.3 is 15.0 Å². The highest BCUT2D eigenvalue weighted by atomic mass is 32.2. The van der Waals surface area contributed by atoms with Crippen molar-refractivity contribution in [2.75, 3.05) is 31.6 Å². The van der Waals surface area contributed by atoms with E-state index in [0.717, 1.165) is 44.0 Å². The molecule has 3 N–H and O–H groups in total. The smallest absolute Gasteiger partial charge is 0.240 e. The molecule has 0 unspecified atom stereocenters. The predicted octanol–water partition coefficient (Wildman–Crippen LogP) is 0.636. The number of carbonyl (C=O) groups is 1. The number of fused-ring (bicyclic) bond motifs is 1. The van der Waals surface area contributed by atoms with Crippen LogP contribution in [0.1, 0.15) is 29.5 Å². The highest BCUT2D eigenvalue weighted by Crippen LogP contribution is 2.33. The number of benzene rings is 2. The lowest BCUT2D eigenvalue weighted by atomic mass is 10.0. The fraction of sp³-hybridized carbons (Fsp3) is 0.381. The van der Waals surface area contributed by atoms with E-state index in [2.05, 4.69) is 16.1 Å². The van der Waals surface area contributed by atoms with Gasteiger partial charge in [0.2, 0.25) is 15.9 Å². The van der Waals surface area contributed by atoms with E-state index in [1.165, 1.54) is 11.0 Å². The average molecular weight is 417 g/mol. The number of sulfonamides is 1. The minimum atomic E-state index is -3.69. The molecule has 1 amide bonds. The Morgan fingerprint density at radius 2 is 1.86 bits per heavy atom. The Labute approximate surface area is 171 Å². The van der Waals surface area contributed by atoms with Gasteiger partial charge in [-0.2, -0.15) is 0 Å². The number of quaternary nitrogens is 1. The Kier molecular flexibility index (Phi) is 5.69. The van der Waals surface area contributed by atoms with Crippen LogP contribution in [0.15, 0.2) is 47.4 Å². The maximum absolute atomic E-state index is 12.9. The summed E-state index contributed by atoms with van der Waals surface area (Å²) in [5.41, 5.74) is 3.51. The zero-order chi connectivity index (χ0) is 20.4. The summed E-state index contributed by atoms with van der Waals surface area (Å²) in [6.07, 6.45) is 0. The Balaban J connectivity index is 1.48. The van der Waals surface area contributed by atoms with E-state index in [0.29, 0.717) is 11.3 Å². The molecular weight excluding hydrogens is 390 g/mol. The highest BCUT2D eigenvalue weighted by Gasteiger charge is 2.28. The summed E-state index contributed by atoms with van der Waals surface area (Å²) in [6.45, 7) is 6.30. The number of ether oxygens (including phenoxy) is 1. The second-order valence-electron chi connectivity index (χ2n) is 7.59. The summed E-state index contributed by atoms with van der Waals surface area (Å²) in [7, 11) is -3.69. The van der Waals surface area contributed by atoms with Crippen LogP contribution in [-0.4, -0.2) is 40.6 Å². The quantitative estimate of drug-likeness (QED) is 0.645. The molecule has 154 valence electrons. The molecule has 4 rings (SSSR count). The van der Waals surface area contributed by atoms with Gasteiger partial charge in [-0.1, -0.05) is 24.3 Å². The first-order valence-corrected chi connectivity index (χ1v) is 11.3. The van der Waals surface area contributed by atoms with Crippen molar-refractivity contribution in [3.05, 3.63) is 59.2 Å². The molecule has 0 radical (unpaired) electrons. The van der Waals surface area contributed by atoms with Crippen molar-refractivity contribution < 1.29 is 22.8 Å². The van der Waals surface area contributed by atoms with Crippen LogP contribution in [0.3, 0.4) is 0 Å². The molecular formula is C21H26N3O4S+. The lowest BCUT2D eigenvalue weighted by Crippen LogP contribution is -3.12. The summed E-state index contributed by atoms with van der Waals surface area (Å²) < 4.78 is 33.8. The fourth-order valence-corrected chi connectivity index (χ4v) is 4.87. The van der Waals surface area contributed by atoms with Crippen molar-refractivity contribution in [3.8, 4) is 0 Å². The molecule has 0 aliphatic carbocycles. The summed E-state index contributed by atoms with van der Waals surface area (Å²) in [4.78, 5) is 13.4. The van der Waals surface area contributed by atoms with Crippen LogP contribution in [0.5, 0.6) is 0 Å². The number of hydrogen-bond donors (Lipinski definition) is 3. The molecule has 29 heavy (non-hydrogen) atoms. The number of hydrogen-bond acceptors (Lipinski definition) is 4. The average Bonchev–Trinajstić information content (AvgIpc) is 3.01. The Hall–Kier alpha value is -2.26. The molecule has 0 bridgehead atoms. The Morgan fingerprint density at radius 3 is 2.62 bits per heavy atom. The van der Waals surface area contributed by atoms with E-state index in [-0.39, 0.29) is 23.3 Å². The number of nitrogens with one attached hydrogen (secondary N) is 3. The molecule has 2 aliphatic heterocycles. The molecule has 1 fully saturated rings. The standard InChI is InChI=1S/C21H25N3O4S/c1-15-19-12-18(6-7-20(19)23-21(15)25)29(26,27)22-13-16-4-2-3-5-17(16)14-24-8-10-28-11-9-24/h2-7,12,15,22H,8-11,13-14H2,1H3,(H,23,25)/p+1/t15-/m1/s1. The number of anilines is 1. The normalized spacial score (nSPS) is 19.8. The maximum atomic E-state index is 12.9. The molecule has 0 spiro atoms. The minimum Gasteiger partial charge on any atom is -0.370 e. The molecule has 8 heteroatoms. The van der Waals surface area contributed by atoms with Crippen molar-refractivity contribution in [2.45, 2.75) is 30.8 Å². The van der Waals surface area contributed by atoms with Crippen LogP contribution in [0, 0.1) is 0 Å². The van der Waals surface area contributed by atoms with Gasteiger partial charge in [-0.15, -0.1) is 0 Å². The molecule has 1 saturated heterocycles. The van der Waals surface area contributed by atoms with Crippen molar-refractivity contribution in [2.24, 2.45) is 0 Å². The highest BCUT2D eigenvalue weighted by molar-refractivity contribution is 7.89. The fourth-order valence-electron chi connectivity index (χ4n) is 3.83. The van der Waals surface area contributed by atoms with Crippen LogP contribution in [0.4, 0.5) is 5.69 Å². The topological polar surface area (TPSA) is 88.9 Å². The van der Waals surface area contributed by atoms with E-state index in [1.54, 1.807) is 19.1 Å². The van der Waals surface area contributed by atoms with Gasteiger partial charge in [-0.05, 0) is 36.2 Å². The number of morpholine rings is 1. The van der Waals surface area contributed by atoms with Crippen molar-refractivity contribution >= 4 is 21.6 Å². The van der Waals surface area contributed by atoms with Crippen molar-refractivity contribution in [3.63, 3.8) is 0 Å². The molecule has 2 aromatic carbocycles. The van der Waals surface area contributed by atoms with Crippen LogP contribution in [0.25, 0.3) is 0 Å². The van der Waals surface area contributed by atoms with Crippen molar-refractivity contribution in [1.29, 1.82) is 0 Å². The first kappa shape index (κ1) is 20.0. The van der Waals surface area contributed by atoms with Crippen LogP contribution >= 0.6 is 0 Å². The van der Waals surface area contributed by atoms with Crippen LogP contribution in [0.2, 0.25) is 0 Å². The summed E-state index contributed by atoms with van der Waals surface area (Å²) in [5, 5.41) is 2.76. The van der Waals surface area contributed by atoms with Gasteiger partial charge in [0, 0.05) is 17.8 Å². The molecule has 0 aromatic heterocycles. The Morgan fingerprint density at radius 1 is 1.14 bits per heavy atom. The van der Waals surface area contributed by atoms with E-state index in [4.69, 9.17) is 4.74 Å². The Bertz CT molecular complexity index is 1020. The molecule has 2 aliphatic rings. The zero-order valence-electron chi connectivity index (χ0n) is 16.4. The van der Waals surface area contributed by atoms with Crippen molar-refractivity contribution in [1.82, 2.24) is 4.72 Å². The third-order valence-corrected chi connectivity index (χ3v) is 7.06. The summed E-state index contributed by atoms with van der Waals surface area (Å²) in [6, 6.07) is 12.7. The number of amides is 1. The zero-order valence-corrected chi connectivity index (χ0v) is 17.2. The van der Waals surface area contributed by atoms with Gasteiger partial charge in [-0.3, -0.25) is 4.79 Å². The number of carbonyl (C=O) groups excluding carboxylic acids is 1. The van der Waals surface area contributed by atoms with Gasteiger partial charge in [0.15, 0.2) is 0 Å². The lowest BCUT2D eigenvalue weighted by molar-refractivity contribution is -0.921. The SMILES string of the molecule is C[C@H]1C(=O)Nc2ccc(S(=O)(=O)NCc3ccccc3C[NH+]3CCOCC3)cc21. The summed E-state index contributed by atoms with van der Waals surface area (Å²) in [5.74, 6) is -0.459. The van der Waals surface area contributed by atoms with Crippen LogP contribution < -0.4 is 14.9 Å². The molecule has 1 atom stereocenters. The van der Waals surface area contributed by atoms with E-state index >= 15 is 0 Å². The first-order chi connectivity index (χ1) is 13.9. The number of rotatable bonds is 6. The van der Waals surface area contributed by atoms with E-state index < -0.39 is 10.0 Å². The van der Waals surface area contributed by atoms with Gasteiger partial charge >= 0.3 is 0 Å². The second kappa shape index (κ2) is 8.23. The van der Waals surface area contributed by atoms with Crippen LogP contribution in [-0.2, 0) is 32.6 Å². The monoisotopic (exact) mass is 416 g/mol. The lowest BCUT2D eigenvalue weighted by Gasteiger charge is -2.24. The van der Waals surface area contributed by atoms with Gasteiger partial charge in [0.25, 0.3) is 0 Å². The summed E-state index contributed by atoms with van der Waals surface area (Å²) >= 11 is 0. The molecule has 0 saturated carbocycles. The van der Waals surface area contributed by atoms with Gasteiger partial charge in [-0.25, -0.2) is 13.1 Å². The second-order valence-corrected chi connectivity index (χ2v) is 9.36. The van der Waals surface area contributed by atoms with E-state index in [9.17, 15) is 13.2 Å². The predicted molar refractivity (Wildman–Crippen MR) is 109 cm³/mol. The van der Waals surface area contributed by atoms with E-state index in [1.807, 2.05) is 18.2 Å². The van der Waals surface area contributed by atoms with Gasteiger partial charge in [0.1, 0.15) is 19.6 Å². The third kappa shape index (κ3) is 4.35. The largest absolute Gasteiger partial charge is 0.370 e. The molecule has 2 aromatic rings.